The van der Waals surface area contributed by atoms with Crippen molar-refractivity contribution < 1.29 is 14.7 Å². The molecule has 0 saturated heterocycles. The summed E-state index contributed by atoms with van der Waals surface area (Å²) < 4.78 is 0. The summed E-state index contributed by atoms with van der Waals surface area (Å²) in [5, 5.41) is 16.7. The van der Waals surface area contributed by atoms with Crippen molar-refractivity contribution in [2.24, 2.45) is 0 Å². The van der Waals surface area contributed by atoms with E-state index in [0.29, 0.717) is 18.0 Å². The molecule has 3 N–H and O–H groups in total. The molecule has 1 unspecified atom stereocenters. The molecule has 0 aliphatic carbocycles. The van der Waals surface area contributed by atoms with Gasteiger partial charge in [-0.1, -0.05) is 41.9 Å². The van der Waals surface area contributed by atoms with Crippen LogP contribution in [0.3, 0.4) is 0 Å². The van der Waals surface area contributed by atoms with Gasteiger partial charge in [0.2, 0.25) is 0 Å². The summed E-state index contributed by atoms with van der Waals surface area (Å²) in [7, 11) is 0. The largest absolute Gasteiger partial charge is 0.481 e. The molecule has 0 aliphatic rings. The monoisotopic (exact) mass is 334 g/mol. The molecule has 0 radical (unpaired) electrons. The Kier molecular flexibility index (Phi) is 5.82. The van der Waals surface area contributed by atoms with Gasteiger partial charge in [-0.15, -0.1) is 0 Å². The lowest BCUT2D eigenvalue weighted by Crippen LogP contribution is -2.37. The highest BCUT2D eigenvalue weighted by molar-refractivity contribution is 6.35. The Balaban J connectivity index is 2.01. The van der Waals surface area contributed by atoms with Gasteiger partial charge < -0.3 is 15.7 Å². The zero-order valence-electron chi connectivity index (χ0n) is 12.8. The first kappa shape index (κ1) is 17.1. The summed E-state index contributed by atoms with van der Waals surface area (Å²) >= 11 is 6.20. The minimum Gasteiger partial charge on any atom is -0.481 e. The summed E-state index contributed by atoms with van der Waals surface area (Å²) in [6.45, 7) is 2.22. The number of carboxylic acids is 1. The van der Waals surface area contributed by atoms with E-state index >= 15 is 0 Å². The summed E-state index contributed by atoms with van der Waals surface area (Å²) in [5.41, 5.74) is 0.977. The lowest BCUT2D eigenvalue weighted by atomic mass is 10.00. The Morgan fingerprint density at radius 2 is 1.87 bits per heavy atom. The fourth-order valence-corrected chi connectivity index (χ4v) is 2.66. The van der Waals surface area contributed by atoms with Crippen LogP contribution in [0.25, 0.3) is 10.8 Å². The molecule has 122 valence electrons. The molecule has 0 fully saturated rings. The van der Waals surface area contributed by atoms with E-state index in [2.05, 4.69) is 10.6 Å². The molecule has 0 saturated carbocycles. The molecule has 5 nitrogen and oxygen atoms in total. The number of aliphatic carboxylic acids is 1. The van der Waals surface area contributed by atoms with Crippen LogP contribution in [0.2, 0.25) is 5.02 Å². The zero-order valence-corrected chi connectivity index (χ0v) is 13.6. The highest BCUT2D eigenvalue weighted by Crippen LogP contribution is 2.29. The Labute approximate surface area is 139 Å². The van der Waals surface area contributed by atoms with Gasteiger partial charge in [0.05, 0.1) is 6.04 Å². The van der Waals surface area contributed by atoms with Crippen LogP contribution in [0, 0.1) is 0 Å². The number of carbonyl (C=O) groups excluding carboxylic acids is 1. The van der Waals surface area contributed by atoms with E-state index in [4.69, 9.17) is 16.7 Å². The van der Waals surface area contributed by atoms with E-state index in [-0.39, 0.29) is 18.5 Å². The zero-order chi connectivity index (χ0) is 16.8. The molecule has 0 spiro atoms. The van der Waals surface area contributed by atoms with Gasteiger partial charge >= 0.3 is 12.0 Å². The molecule has 2 aromatic rings. The topological polar surface area (TPSA) is 78.4 Å². The molecular weight excluding hydrogens is 316 g/mol. The number of urea groups is 1. The quantitative estimate of drug-likeness (QED) is 0.704. The van der Waals surface area contributed by atoms with E-state index < -0.39 is 5.97 Å². The summed E-state index contributed by atoms with van der Waals surface area (Å²) in [6.07, 6.45) is 0.443. The molecule has 0 aromatic heterocycles. The van der Waals surface area contributed by atoms with E-state index in [1.807, 2.05) is 43.3 Å². The number of carbonyl (C=O) groups is 2. The van der Waals surface area contributed by atoms with E-state index in [1.165, 1.54) is 0 Å². The van der Waals surface area contributed by atoms with E-state index in [0.717, 1.165) is 16.3 Å². The summed E-state index contributed by atoms with van der Waals surface area (Å²) in [4.78, 5) is 22.3. The second kappa shape index (κ2) is 7.83. The summed E-state index contributed by atoms with van der Waals surface area (Å²) in [6, 6.07) is 11.0. The number of hydrogen-bond acceptors (Lipinski definition) is 2. The van der Waals surface area contributed by atoms with Gasteiger partial charge in [0.1, 0.15) is 0 Å². The first-order valence-corrected chi connectivity index (χ1v) is 7.80. The van der Waals surface area contributed by atoms with Gasteiger partial charge in [0, 0.05) is 23.4 Å². The first-order valence-electron chi connectivity index (χ1n) is 7.42. The fraction of sp³-hybridized carbons (Fsp3) is 0.294. The van der Waals surface area contributed by atoms with Crippen LogP contribution >= 0.6 is 11.6 Å². The number of nitrogens with one attached hydrogen (secondary N) is 2. The number of halogens is 1. The van der Waals surface area contributed by atoms with Crippen molar-refractivity contribution in [3.63, 3.8) is 0 Å². The van der Waals surface area contributed by atoms with Crippen molar-refractivity contribution in [1.82, 2.24) is 10.6 Å². The van der Waals surface area contributed by atoms with Crippen LogP contribution in [0.5, 0.6) is 0 Å². The predicted molar refractivity (Wildman–Crippen MR) is 90.8 cm³/mol. The molecule has 2 aromatic carbocycles. The van der Waals surface area contributed by atoms with Crippen LogP contribution < -0.4 is 10.6 Å². The van der Waals surface area contributed by atoms with Gasteiger partial charge in [-0.05, 0) is 30.4 Å². The van der Waals surface area contributed by atoms with Gasteiger partial charge in [-0.3, -0.25) is 4.79 Å². The third kappa shape index (κ3) is 4.60. The van der Waals surface area contributed by atoms with Gasteiger partial charge in [0.15, 0.2) is 0 Å². The van der Waals surface area contributed by atoms with Gasteiger partial charge in [0.25, 0.3) is 0 Å². The third-order valence-corrected chi connectivity index (χ3v) is 3.90. The second-order valence-electron chi connectivity index (χ2n) is 5.30. The maximum atomic E-state index is 11.9. The van der Waals surface area contributed by atoms with Crippen LogP contribution in [0.4, 0.5) is 4.79 Å². The molecule has 0 aliphatic heterocycles. The number of benzene rings is 2. The minimum absolute atomic E-state index is 0.0393. The lowest BCUT2D eigenvalue weighted by Gasteiger charge is -2.17. The van der Waals surface area contributed by atoms with Crippen LogP contribution in [0.1, 0.15) is 31.4 Å². The highest BCUT2D eigenvalue weighted by Gasteiger charge is 2.13. The molecule has 6 heteroatoms. The van der Waals surface area contributed by atoms with Gasteiger partial charge in [-0.2, -0.15) is 0 Å². The first-order chi connectivity index (χ1) is 11.0. The predicted octanol–water partition coefficient (Wildman–Crippen LogP) is 3.72. The Morgan fingerprint density at radius 3 is 2.57 bits per heavy atom. The van der Waals surface area contributed by atoms with Crippen LogP contribution in [-0.4, -0.2) is 23.7 Å². The molecule has 0 bridgehead atoms. The fourth-order valence-electron chi connectivity index (χ4n) is 2.43. The molecule has 2 rings (SSSR count). The standard InChI is InChI=1S/C17H19ClN2O3/c1-11(20-17(23)19-10-4-7-16(21)22)12-8-9-15(18)14-6-3-2-5-13(12)14/h2-3,5-6,8-9,11H,4,7,10H2,1H3,(H,21,22)(H2,19,20,23). The Bertz CT molecular complexity index is 718. The average Bonchev–Trinajstić information content (AvgIpc) is 2.52. The van der Waals surface area contributed by atoms with E-state index in [1.54, 1.807) is 0 Å². The number of amides is 2. The number of fused-ring (bicyclic) bond motifs is 1. The van der Waals surface area contributed by atoms with Crippen LogP contribution in [-0.2, 0) is 4.79 Å². The Hall–Kier alpha value is -2.27. The van der Waals surface area contributed by atoms with Crippen molar-refractivity contribution in [3.8, 4) is 0 Å². The Morgan fingerprint density at radius 1 is 1.17 bits per heavy atom. The van der Waals surface area contributed by atoms with Crippen molar-refractivity contribution in [2.75, 3.05) is 6.54 Å². The smallest absolute Gasteiger partial charge is 0.315 e. The molecule has 23 heavy (non-hydrogen) atoms. The highest BCUT2D eigenvalue weighted by atomic mass is 35.5. The molecule has 0 heterocycles. The maximum Gasteiger partial charge on any atom is 0.315 e. The number of carboxylic acid groups (broad SMARTS) is 1. The lowest BCUT2D eigenvalue weighted by molar-refractivity contribution is -0.137. The average molecular weight is 335 g/mol. The van der Waals surface area contributed by atoms with Gasteiger partial charge in [-0.25, -0.2) is 4.79 Å². The number of rotatable bonds is 6. The minimum atomic E-state index is -0.867. The molecule has 1 atom stereocenters. The van der Waals surface area contributed by atoms with E-state index in [9.17, 15) is 9.59 Å². The van der Waals surface area contributed by atoms with Crippen molar-refractivity contribution in [1.29, 1.82) is 0 Å². The normalized spacial score (nSPS) is 11.9. The number of hydrogen-bond donors (Lipinski definition) is 3. The second-order valence-corrected chi connectivity index (χ2v) is 5.71. The molecule has 2 amide bonds. The third-order valence-electron chi connectivity index (χ3n) is 3.57. The van der Waals surface area contributed by atoms with Crippen LogP contribution in [0.15, 0.2) is 36.4 Å². The summed E-state index contributed by atoms with van der Waals surface area (Å²) in [5.74, 6) is -0.867. The SMILES string of the molecule is CC(NC(=O)NCCCC(=O)O)c1ccc(Cl)c2ccccc12. The van der Waals surface area contributed by atoms with Crippen molar-refractivity contribution in [2.45, 2.75) is 25.8 Å². The van der Waals surface area contributed by atoms with Crippen molar-refractivity contribution >= 4 is 34.4 Å². The maximum absolute atomic E-state index is 11.9. The molecular formula is C17H19ClN2O3. The van der Waals surface area contributed by atoms with Crippen molar-refractivity contribution in [3.05, 3.63) is 47.0 Å².